The maximum absolute atomic E-state index is 11.9. The molecule has 22 heavy (non-hydrogen) atoms. The van der Waals surface area contributed by atoms with E-state index in [1.54, 1.807) is 0 Å². The Kier molecular flexibility index (Phi) is 3.68. The van der Waals surface area contributed by atoms with Crippen LogP contribution in [0.3, 0.4) is 0 Å². The molecule has 0 fully saturated rings. The van der Waals surface area contributed by atoms with Gasteiger partial charge in [0.15, 0.2) is 0 Å². The Labute approximate surface area is 130 Å². The standard InChI is InChI=1S/C20H18O2/c1-13-4-7-15(8-5-13)19-12-17(20(21)22-3)11-16-9-6-14(2)10-18(16)19/h4-12H,1-3H3. The van der Waals surface area contributed by atoms with Crippen LogP contribution in [-0.4, -0.2) is 13.1 Å². The molecule has 0 unspecified atom stereocenters. The highest BCUT2D eigenvalue weighted by Crippen LogP contribution is 2.31. The van der Waals surface area contributed by atoms with Gasteiger partial charge < -0.3 is 4.74 Å². The molecule has 0 radical (unpaired) electrons. The van der Waals surface area contributed by atoms with E-state index in [2.05, 4.69) is 56.3 Å². The Morgan fingerprint density at radius 1 is 0.864 bits per heavy atom. The smallest absolute Gasteiger partial charge is 0.337 e. The van der Waals surface area contributed by atoms with Gasteiger partial charge in [0, 0.05) is 0 Å². The number of hydrogen-bond donors (Lipinski definition) is 0. The van der Waals surface area contributed by atoms with Gasteiger partial charge in [0.2, 0.25) is 0 Å². The van der Waals surface area contributed by atoms with Gasteiger partial charge in [-0.3, -0.25) is 0 Å². The van der Waals surface area contributed by atoms with Crippen LogP contribution in [0.1, 0.15) is 21.5 Å². The normalized spacial score (nSPS) is 10.7. The monoisotopic (exact) mass is 290 g/mol. The highest BCUT2D eigenvalue weighted by atomic mass is 16.5. The van der Waals surface area contributed by atoms with Gasteiger partial charge in [-0.05, 0) is 47.9 Å². The van der Waals surface area contributed by atoms with Gasteiger partial charge in [-0.2, -0.15) is 0 Å². The summed E-state index contributed by atoms with van der Waals surface area (Å²) in [6.07, 6.45) is 0. The van der Waals surface area contributed by atoms with Crippen LogP contribution in [0.25, 0.3) is 21.9 Å². The second-order valence-corrected chi connectivity index (χ2v) is 5.61. The molecule has 0 saturated heterocycles. The van der Waals surface area contributed by atoms with Crippen LogP contribution in [0.15, 0.2) is 54.6 Å². The molecule has 3 rings (SSSR count). The molecule has 110 valence electrons. The van der Waals surface area contributed by atoms with Crippen molar-refractivity contribution < 1.29 is 9.53 Å². The van der Waals surface area contributed by atoms with Crippen LogP contribution >= 0.6 is 0 Å². The van der Waals surface area contributed by atoms with Crippen LogP contribution in [-0.2, 0) is 4.74 Å². The molecule has 0 aliphatic rings. The summed E-state index contributed by atoms with van der Waals surface area (Å²) in [7, 11) is 1.41. The molecule has 0 N–H and O–H groups in total. The van der Waals surface area contributed by atoms with Gasteiger partial charge in [0.05, 0.1) is 12.7 Å². The first-order chi connectivity index (χ1) is 10.6. The summed E-state index contributed by atoms with van der Waals surface area (Å²) >= 11 is 0. The molecular weight excluding hydrogens is 272 g/mol. The van der Waals surface area contributed by atoms with Crippen LogP contribution < -0.4 is 0 Å². The molecule has 3 aromatic rings. The first-order valence-corrected chi connectivity index (χ1v) is 7.28. The SMILES string of the molecule is COC(=O)c1cc(-c2ccc(C)cc2)c2cc(C)ccc2c1. The molecule has 2 heteroatoms. The van der Waals surface area contributed by atoms with Gasteiger partial charge >= 0.3 is 5.97 Å². The van der Waals surface area contributed by atoms with Crippen LogP contribution in [0.4, 0.5) is 0 Å². The number of hydrogen-bond acceptors (Lipinski definition) is 2. The fourth-order valence-corrected chi connectivity index (χ4v) is 2.68. The highest BCUT2D eigenvalue weighted by Gasteiger charge is 2.12. The second kappa shape index (κ2) is 5.64. The Balaban J connectivity index is 2.31. The summed E-state index contributed by atoms with van der Waals surface area (Å²) in [5, 5.41) is 2.19. The van der Waals surface area contributed by atoms with Crippen molar-refractivity contribution in [1.82, 2.24) is 0 Å². The number of fused-ring (bicyclic) bond motifs is 1. The molecule has 0 heterocycles. The third-order valence-corrected chi connectivity index (χ3v) is 3.89. The van der Waals surface area contributed by atoms with Crippen molar-refractivity contribution in [3.05, 3.63) is 71.3 Å². The minimum Gasteiger partial charge on any atom is -0.465 e. The Hall–Kier alpha value is -2.61. The number of carbonyl (C=O) groups excluding carboxylic acids is 1. The Morgan fingerprint density at radius 2 is 1.55 bits per heavy atom. The molecular formula is C20H18O2. The van der Waals surface area contributed by atoms with Crippen LogP contribution in [0.5, 0.6) is 0 Å². The van der Waals surface area contributed by atoms with Crippen molar-refractivity contribution in [2.75, 3.05) is 7.11 Å². The van der Waals surface area contributed by atoms with Crippen molar-refractivity contribution in [3.8, 4) is 11.1 Å². The first kappa shape index (κ1) is 14.3. The zero-order valence-electron chi connectivity index (χ0n) is 13.0. The molecule has 0 atom stereocenters. The minimum absolute atomic E-state index is 0.309. The van der Waals surface area contributed by atoms with E-state index in [1.807, 2.05) is 12.1 Å². The van der Waals surface area contributed by atoms with Crippen molar-refractivity contribution in [2.45, 2.75) is 13.8 Å². The molecule has 2 nitrogen and oxygen atoms in total. The largest absolute Gasteiger partial charge is 0.465 e. The predicted molar refractivity (Wildman–Crippen MR) is 90.2 cm³/mol. The lowest BCUT2D eigenvalue weighted by Crippen LogP contribution is -2.01. The number of aryl methyl sites for hydroxylation is 2. The fourth-order valence-electron chi connectivity index (χ4n) is 2.68. The quantitative estimate of drug-likeness (QED) is 0.627. The number of esters is 1. The molecule has 0 aliphatic heterocycles. The lowest BCUT2D eigenvalue weighted by Gasteiger charge is -2.11. The maximum Gasteiger partial charge on any atom is 0.337 e. The average molecular weight is 290 g/mol. The van der Waals surface area contributed by atoms with E-state index in [-0.39, 0.29) is 5.97 Å². The Morgan fingerprint density at radius 3 is 2.23 bits per heavy atom. The van der Waals surface area contributed by atoms with E-state index in [0.717, 1.165) is 21.9 Å². The molecule has 0 spiro atoms. The van der Waals surface area contributed by atoms with E-state index in [1.165, 1.54) is 18.2 Å². The summed E-state index contributed by atoms with van der Waals surface area (Å²) in [5.41, 5.74) is 5.16. The average Bonchev–Trinajstić information content (AvgIpc) is 2.54. The number of carbonyl (C=O) groups is 1. The van der Waals surface area contributed by atoms with Crippen molar-refractivity contribution >= 4 is 16.7 Å². The lowest BCUT2D eigenvalue weighted by atomic mass is 9.94. The minimum atomic E-state index is -0.309. The van der Waals surface area contributed by atoms with E-state index >= 15 is 0 Å². The van der Waals surface area contributed by atoms with E-state index in [0.29, 0.717) is 5.56 Å². The highest BCUT2D eigenvalue weighted by molar-refractivity contribution is 6.03. The van der Waals surface area contributed by atoms with Crippen molar-refractivity contribution in [1.29, 1.82) is 0 Å². The second-order valence-electron chi connectivity index (χ2n) is 5.61. The number of rotatable bonds is 2. The molecule has 0 amide bonds. The van der Waals surface area contributed by atoms with Gasteiger partial charge in [0.1, 0.15) is 0 Å². The number of ether oxygens (including phenoxy) is 1. The van der Waals surface area contributed by atoms with Gasteiger partial charge in [-0.1, -0.05) is 53.6 Å². The molecule has 0 saturated carbocycles. The third kappa shape index (κ3) is 2.60. The summed E-state index contributed by atoms with van der Waals surface area (Å²) in [5.74, 6) is -0.309. The van der Waals surface area contributed by atoms with Gasteiger partial charge in [0.25, 0.3) is 0 Å². The maximum atomic E-state index is 11.9. The van der Waals surface area contributed by atoms with E-state index in [4.69, 9.17) is 4.74 Å². The summed E-state index contributed by atoms with van der Waals surface area (Å²) in [4.78, 5) is 11.9. The number of methoxy groups -OCH3 is 1. The Bertz CT molecular complexity index is 845. The van der Waals surface area contributed by atoms with Gasteiger partial charge in [-0.25, -0.2) is 4.79 Å². The summed E-state index contributed by atoms with van der Waals surface area (Å²) < 4.78 is 4.88. The fraction of sp³-hybridized carbons (Fsp3) is 0.150. The van der Waals surface area contributed by atoms with E-state index in [9.17, 15) is 4.79 Å². The zero-order chi connectivity index (χ0) is 15.7. The predicted octanol–water partition coefficient (Wildman–Crippen LogP) is 4.91. The van der Waals surface area contributed by atoms with E-state index < -0.39 is 0 Å². The summed E-state index contributed by atoms with van der Waals surface area (Å²) in [6, 6.07) is 18.4. The third-order valence-electron chi connectivity index (χ3n) is 3.89. The lowest BCUT2D eigenvalue weighted by molar-refractivity contribution is 0.0601. The molecule has 3 aromatic carbocycles. The summed E-state index contributed by atoms with van der Waals surface area (Å²) in [6.45, 7) is 4.14. The molecule has 0 aliphatic carbocycles. The van der Waals surface area contributed by atoms with Crippen molar-refractivity contribution in [2.24, 2.45) is 0 Å². The van der Waals surface area contributed by atoms with Gasteiger partial charge in [-0.15, -0.1) is 0 Å². The molecule has 0 aromatic heterocycles. The van der Waals surface area contributed by atoms with Crippen LogP contribution in [0, 0.1) is 13.8 Å². The van der Waals surface area contributed by atoms with Crippen molar-refractivity contribution in [3.63, 3.8) is 0 Å². The first-order valence-electron chi connectivity index (χ1n) is 7.28. The molecule has 0 bridgehead atoms. The number of benzene rings is 3. The van der Waals surface area contributed by atoms with Crippen LogP contribution in [0.2, 0.25) is 0 Å². The topological polar surface area (TPSA) is 26.3 Å². The zero-order valence-corrected chi connectivity index (χ0v) is 13.0.